The highest BCUT2D eigenvalue weighted by atomic mass is 79.9. The second kappa shape index (κ2) is 7.66. The van der Waals surface area contributed by atoms with E-state index in [2.05, 4.69) is 41.5 Å². The van der Waals surface area contributed by atoms with Crippen LogP contribution in [0.25, 0.3) is 17.2 Å². The van der Waals surface area contributed by atoms with Crippen LogP contribution in [0.3, 0.4) is 0 Å². The van der Waals surface area contributed by atoms with Crippen LogP contribution in [0, 0.1) is 12.7 Å². The van der Waals surface area contributed by atoms with Gasteiger partial charge in [-0.3, -0.25) is 4.79 Å². The van der Waals surface area contributed by atoms with Gasteiger partial charge in [-0.25, -0.2) is 9.37 Å². The molecular weight excluding hydrogens is 463 g/mol. The second-order valence-electron chi connectivity index (χ2n) is 7.25. The van der Waals surface area contributed by atoms with Crippen molar-refractivity contribution in [2.45, 2.75) is 19.3 Å². The summed E-state index contributed by atoms with van der Waals surface area (Å²) >= 11 is 3.18. The minimum absolute atomic E-state index is 0.186. The highest BCUT2D eigenvalue weighted by Crippen LogP contribution is 2.40. The number of aromatic nitrogens is 5. The van der Waals surface area contributed by atoms with Gasteiger partial charge < -0.3 is 5.32 Å². The van der Waals surface area contributed by atoms with Gasteiger partial charge >= 0.3 is 0 Å². The Kier molecular flexibility index (Phi) is 4.82. The summed E-state index contributed by atoms with van der Waals surface area (Å²) in [4.78, 5) is 17.1. The van der Waals surface area contributed by atoms with E-state index in [0.717, 1.165) is 11.1 Å². The first-order valence-corrected chi connectivity index (χ1v) is 10.4. The third-order valence-corrected chi connectivity index (χ3v) is 5.90. The van der Waals surface area contributed by atoms with Gasteiger partial charge in [-0.15, -0.1) is 5.10 Å². The molecular formula is C22H16BrFN6O. The van der Waals surface area contributed by atoms with Gasteiger partial charge in [0.2, 0.25) is 5.91 Å². The lowest BCUT2D eigenvalue weighted by Crippen LogP contribution is -2.25. The number of nitrogens with one attached hydrogen (secondary N) is 1. The van der Waals surface area contributed by atoms with Crippen LogP contribution in [0.4, 0.5) is 10.2 Å². The lowest BCUT2D eigenvalue weighted by atomic mass is 9.86. The summed E-state index contributed by atoms with van der Waals surface area (Å²) in [6.45, 7) is 1.85. The number of halogens is 2. The fourth-order valence-corrected chi connectivity index (χ4v) is 4.08. The SMILES string of the molecule is Cc1nn(-c2nncc(-c3ccccc3)n2)c2c1C(c1ccc(Br)c(F)c1)CC(=O)N2. The van der Waals surface area contributed by atoms with Gasteiger partial charge in [0.1, 0.15) is 11.6 Å². The van der Waals surface area contributed by atoms with E-state index in [-0.39, 0.29) is 30.0 Å². The van der Waals surface area contributed by atoms with Gasteiger partial charge in [0.15, 0.2) is 0 Å². The van der Waals surface area contributed by atoms with Gasteiger partial charge in [-0.1, -0.05) is 36.4 Å². The van der Waals surface area contributed by atoms with Crippen molar-refractivity contribution in [1.82, 2.24) is 25.0 Å². The first-order chi connectivity index (χ1) is 15.0. The molecule has 154 valence electrons. The number of amides is 1. The number of fused-ring (bicyclic) bond motifs is 1. The minimum Gasteiger partial charge on any atom is -0.310 e. The molecule has 2 aromatic carbocycles. The molecule has 4 aromatic rings. The smallest absolute Gasteiger partial charge is 0.272 e. The molecule has 2 aromatic heterocycles. The zero-order valence-electron chi connectivity index (χ0n) is 16.4. The summed E-state index contributed by atoms with van der Waals surface area (Å²) in [5, 5.41) is 15.7. The molecule has 1 N–H and O–H groups in total. The molecule has 0 bridgehead atoms. The average Bonchev–Trinajstić information content (AvgIpc) is 3.12. The third-order valence-electron chi connectivity index (χ3n) is 5.26. The second-order valence-corrected chi connectivity index (χ2v) is 8.10. The van der Waals surface area contributed by atoms with Crippen LogP contribution in [-0.2, 0) is 4.79 Å². The van der Waals surface area contributed by atoms with Gasteiger partial charge in [0.05, 0.1) is 22.1 Å². The summed E-state index contributed by atoms with van der Waals surface area (Å²) in [7, 11) is 0. The maximum atomic E-state index is 14.2. The summed E-state index contributed by atoms with van der Waals surface area (Å²) in [6.07, 6.45) is 1.78. The zero-order valence-corrected chi connectivity index (χ0v) is 18.0. The Hall–Kier alpha value is -3.46. The predicted molar refractivity (Wildman–Crippen MR) is 116 cm³/mol. The normalized spacial score (nSPS) is 15.5. The predicted octanol–water partition coefficient (Wildman–Crippen LogP) is 4.41. The molecule has 3 heterocycles. The van der Waals surface area contributed by atoms with Crippen LogP contribution in [0.1, 0.15) is 29.2 Å². The molecule has 1 amide bonds. The molecule has 0 saturated heterocycles. The van der Waals surface area contributed by atoms with Crippen molar-refractivity contribution >= 4 is 27.7 Å². The Morgan fingerprint density at radius 3 is 2.77 bits per heavy atom. The summed E-state index contributed by atoms with van der Waals surface area (Å²) in [6, 6.07) is 14.5. The summed E-state index contributed by atoms with van der Waals surface area (Å²) in [5.74, 6) is -0.166. The van der Waals surface area contributed by atoms with E-state index < -0.39 is 0 Å². The van der Waals surface area contributed by atoms with Crippen molar-refractivity contribution in [1.29, 1.82) is 0 Å². The fraction of sp³-hybridized carbons (Fsp3) is 0.136. The molecule has 0 saturated carbocycles. The Bertz CT molecular complexity index is 1310. The van der Waals surface area contributed by atoms with Crippen molar-refractivity contribution in [3.63, 3.8) is 0 Å². The van der Waals surface area contributed by atoms with Gasteiger partial charge in [0.25, 0.3) is 5.95 Å². The standard InChI is InChI=1S/C22H16BrFN6O/c1-12-20-15(14-7-8-16(23)17(24)9-14)10-19(31)27-21(20)30(29-12)22-26-18(11-25-28-22)13-5-3-2-4-6-13/h2-9,11,15H,10H2,1H3,(H,27,31). The van der Waals surface area contributed by atoms with Crippen LogP contribution < -0.4 is 5.32 Å². The van der Waals surface area contributed by atoms with E-state index in [4.69, 9.17) is 0 Å². The van der Waals surface area contributed by atoms with E-state index in [0.29, 0.717) is 27.2 Å². The molecule has 1 unspecified atom stereocenters. The maximum absolute atomic E-state index is 14.2. The molecule has 7 nitrogen and oxygen atoms in total. The van der Waals surface area contributed by atoms with Crippen LogP contribution in [0.2, 0.25) is 0 Å². The van der Waals surface area contributed by atoms with Crippen molar-refractivity contribution in [2.75, 3.05) is 5.32 Å². The van der Waals surface area contributed by atoms with Gasteiger partial charge in [-0.2, -0.15) is 14.9 Å². The first-order valence-electron chi connectivity index (χ1n) is 9.61. The highest BCUT2D eigenvalue weighted by Gasteiger charge is 2.33. The number of rotatable bonds is 3. The fourth-order valence-electron chi connectivity index (χ4n) is 3.84. The number of nitrogens with zero attached hydrogens (tertiary/aromatic N) is 5. The maximum Gasteiger partial charge on any atom is 0.272 e. The van der Waals surface area contributed by atoms with E-state index in [1.165, 1.54) is 10.7 Å². The molecule has 0 radical (unpaired) electrons. The van der Waals surface area contributed by atoms with Crippen LogP contribution in [-0.4, -0.2) is 30.9 Å². The number of hydrogen-bond donors (Lipinski definition) is 1. The molecule has 9 heteroatoms. The third kappa shape index (κ3) is 3.50. The van der Waals surface area contributed by atoms with Crippen molar-refractivity contribution < 1.29 is 9.18 Å². The number of anilines is 1. The number of hydrogen-bond acceptors (Lipinski definition) is 5. The molecule has 0 spiro atoms. The van der Waals surface area contributed by atoms with Crippen LogP contribution in [0.5, 0.6) is 0 Å². The van der Waals surface area contributed by atoms with E-state index in [1.807, 2.05) is 43.3 Å². The minimum atomic E-state index is -0.377. The lowest BCUT2D eigenvalue weighted by molar-refractivity contribution is -0.116. The Morgan fingerprint density at radius 1 is 1.19 bits per heavy atom. The molecule has 1 atom stereocenters. The number of carbonyl (C=O) groups is 1. The number of carbonyl (C=O) groups excluding carboxylic acids is 1. The Labute approximate surface area is 185 Å². The molecule has 1 aliphatic heterocycles. The highest BCUT2D eigenvalue weighted by molar-refractivity contribution is 9.10. The van der Waals surface area contributed by atoms with Gasteiger partial charge in [0, 0.05) is 23.5 Å². The largest absolute Gasteiger partial charge is 0.310 e. The monoisotopic (exact) mass is 478 g/mol. The Morgan fingerprint density at radius 2 is 2.00 bits per heavy atom. The molecule has 5 rings (SSSR count). The quantitative estimate of drug-likeness (QED) is 0.471. The number of aryl methyl sites for hydroxylation is 1. The van der Waals surface area contributed by atoms with Crippen molar-refractivity contribution in [3.05, 3.63) is 81.8 Å². The molecule has 31 heavy (non-hydrogen) atoms. The zero-order chi connectivity index (χ0) is 21.5. The summed E-state index contributed by atoms with van der Waals surface area (Å²) < 4.78 is 16.1. The van der Waals surface area contributed by atoms with E-state index in [1.54, 1.807) is 12.3 Å². The van der Waals surface area contributed by atoms with Gasteiger partial charge in [-0.05, 0) is 40.5 Å². The van der Waals surface area contributed by atoms with Crippen LogP contribution in [0.15, 0.2) is 59.2 Å². The lowest BCUT2D eigenvalue weighted by Gasteiger charge is -2.24. The topological polar surface area (TPSA) is 85.6 Å². The Balaban J connectivity index is 1.63. The average molecular weight is 479 g/mol. The van der Waals surface area contributed by atoms with E-state index in [9.17, 15) is 9.18 Å². The summed E-state index contributed by atoms with van der Waals surface area (Å²) in [5.41, 5.74) is 3.76. The van der Waals surface area contributed by atoms with Crippen molar-refractivity contribution in [3.8, 4) is 17.2 Å². The number of benzene rings is 2. The van der Waals surface area contributed by atoms with Crippen molar-refractivity contribution in [2.24, 2.45) is 0 Å². The molecule has 0 fully saturated rings. The first kappa shape index (κ1) is 19.5. The van der Waals surface area contributed by atoms with E-state index >= 15 is 0 Å². The molecule has 0 aliphatic carbocycles. The van der Waals surface area contributed by atoms with Crippen LogP contribution >= 0.6 is 15.9 Å². The molecule has 1 aliphatic rings.